The van der Waals surface area contributed by atoms with Gasteiger partial charge in [0.15, 0.2) is 6.29 Å². The van der Waals surface area contributed by atoms with Crippen LogP contribution in [0.15, 0.2) is 41.1 Å². The predicted molar refractivity (Wildman–Crippen MR) is 68.6 cm³/mol. The smallest absolute Gasteiger partial charge is 0.151 e. The van der Waals surface area contributed by atoms with Crippen molar-refractivity contribution in [2.45, 2.75) is 6.92 Å². The molecule has 0 radical (unpaired) electrons. The predicted octanol–water partition coefficient (Wildman–Crippen LogP) is 3.76. The average Bonchev–Trinajstić information content (AvgIpc) is 2.34. The van der Waals surface area contributed by atoms with Crippen LogP contribution in [0.3, 0.4) is 0 Å². The first-order valence-corrected chi connectivity index (χ1v) is 5.82. The molecular formula is C13H10BrNO2. The summed E-state index contributed by atoms with van der Waals surface area (Å²) in [5.74, 6) is 1.27. The van der Waals surface area contributed by atoms with E-state index in [0.29, 0.717) is 11.3 Å². The Morgan fingerprint density at radius 3 is 2.76 bits per heavy atom. The molecule has 0 bridgehead atoms. The van der Waals surface area contributed by atoms with E-state index in [1.807, 2.05) is 25.1 Å². The van der Waals surface area contributed by atoms with Gasteiger partial charge in [-0.05, 0) is 36.8 Å². The summed E-state index contributed by atoms with van der Waals surface area (Å²) in [4.78, 5) is 14.5. The van der Waals surface area contributed by atoms with Gasteiger partial charge in [0, 0.05) is 16.2 Å². The summed E-state index contributed by atoms with van der Waals surface area (Å²) >= 11 is 3.42. The Morgan fingerprint density at radius 2 is 2.06 bits per heavy atom. The number of benzene rings is 1. The molecule has 0 atom stereocenters. The van der Waals surface area contributed by atoms with Gasteiger partial charge in [0.05, 0.1) is 6.20 Å². The van der Waals surface area contributed by atoms with Gasteiger partial charge >= 0.3 is 0 Å². The monoisotopic (exact) mass is 291 g/mol. The van der Waals surface area contributed by atoms with Crippen LogP contribution in [-0.2, 0) is 0 Å². The van der Waals surface area contributed by atoms with Crippen LogP contribution in [-0.4, -0.2) is 11.3 Å². The Kier molecular flexibility index (Phi) is 3.54. The summed E-state index contributed by atoms with van der Waals surface area (Å²) in [5, 5.41) is 0. The van der Waals surface area contributed by atoms with Gasteiger partial charge in [-0.2, -0.15) is 0 Å². The molecule has 2 rings (SSSR count). The Labute approximate surface area is 108 Å². The number of pyridine rings is 1. The Balaban J connectivity index is 2.24. The number of nitrogens with zero attached hydrogens (tertiary/aromatic N) is 1. The minimum atomic E-state index is 0.497. The third kappa shape index (κ3) is 2.91. The van der Waals surface area contributed by atoms with Gasteiger partial charge in [-0.25, -0.2) is 0 Å². The van der Waals surface area contributed by atoms with Crippen molar-refractivity contribution in [1.82, 2.24) is 4.98 Å². The molecule has 0 aliphatic carbocycles. The average molecular weight is 292 g/mol. The molecule has 86 valence electrons. The van der Waals surface area contributed by atoms with Gasteiger partial charge < -0.3 is 4.74 Å². The van der Waals surface area contributed by atoms with Crippen molar-refractivity contribution in [3.8, 4) is 11.5 Å². The minimum Gasteiger partial charge on any atom is -0.456 e. The Bertz CT molecular complexity index is 555. The lowest BCUT2D eigenvalue weighted by molar-refractivity contribution is 0.112. The first kappa shape index (κ1) is 11.8. The maximum Gasteiger partial charge on any atom is 0.151 e. The third-order valence-corrected chi connectivity index (χ3v) is 3.13. The van der Waals surface area contributed by atoms with Gasteiger partial charge in [-0.3, -0.25) is 9.78 Å². The number of hydrogen-bond donors (Lipinski definition) is 0. The van der Waals surface area contributed by atoms with E-state index in [1.165, 1.54) is 6.20 Å². The second kappa shape index (κ2) is 5.10. The molecule has 4 heteroatoms. The summed E-state index contributed by atoms with van der Waals surface area (Å²) in [6.45, 7) is 1.98. The van der Waals surface area contributed by atoms with E-state index < -0.39 is 0 Å². The van der Waals surface area contributed by atoms with E-state index in [9.17, 15) is 4.79 Å². The van der Waals surface area contributed by atoms with Crippen LogP contribution in [0, 0.1) is 6.92 Å². The van der Waals surface area contributed by atoms with E-state index in [0.717, 1.165) is 22.1 Å². The zero-order valence-corrected chi connectivity index (χ0v) is 10.8. The van der Waals surface area contributed by atoms with Crippen LogP contribution in [0.2, 0.25) is 0 Å². The Morgan fingerprint density at radius 1 is 1.24 bits per heavy atom. The summed E-state index contributed by atoms with van der Waals surface area (Å²) in [6, 6.07) is 7.33. The molecule has 0 saturated carbocycles. The summed E-state index contributed by atoms with van der Waals surface area (Å²) in [5.41, 5.74) is 1.58. The highest BCUT2D eigenvalue weighted by Crippen LogP contribution is 2.25. The number of ether oxygens (including phenoxy) is 1. The summed E-state index contributed by atoms with van der Waals surface area (Å²) < 4.78 is 6.65. The quantitative estimate of drug-likeness (QED) is 0.809. The van der Waals surface area contributed by atoms with Gasteiger partial charge in [0.2, 0.25) is 0 Å². The highest BCUT2D eigenvalue weighted by molar-refractivity contribution is 9.10. The lowest BCUT2D eigenvalue weighted by atomic mass is 10.2. The number of carbonyl (C=O) groups is 1. The third-order valence-electron chi connectivity index (χ3n) is 2.24. The van der Waals surface area contributed by atoms with Gasteiger partial charge in [-0.1, -0.05) is 15.9 Å². The minimum absolute atomic E-state index is 0.497. The van der Waals surface area contributed by atoms with Crippen LogP contribution in [0.25, 0.3) is 0 Å². The normalized spacial score (nSPS) is 10.0. The lowest BCUT2D eigenvalue weighted by Crippen LogP contribution is -1.89. The maximum absolute atomic E-state index is 10.6. The lowest BCUT2D eigenvalue weighted by Gasteiger charge is -2.07. The zero-order chi connectivity index (χ0) is 12.3. The number of rotatable bonds is 3. The topological polar surface area (TPSA) is 39.2 Å². The molecule has 1 heterocycles. The first-order valence-electron chi connectivity index (χ1n) is 5.03. The van der Waals surface area contributed by atoms with E-state index >= 15 is 0 Å². The van der Waals surface area contributed by atoms with Crippen LogP contribution in [0.4, 0.5) is 0 Å². The van der Waals surface area contributed by atoms with Crippen molar-refractivity contribution in [3.63, 3.8) is 0 Å². The van der Waals surface area contributed by atoms with E-state index in [4.69, 9.17) is 4.74 Å². The van der Waals surface area contributed by atoms with E-state index in [1.54, 1.807) is 12.3 Å². The highest BCUT2D eigenvalue weighted by atomic mass is 79.9. The van der Waals surface area contributed by atoms with Crippen LogP contribution in [0.1, 0.15) is 15.9 Å². The van der Waals surface area contributed by atoms with Crippen LogP contribution >= 0.6 is 15.9 Å². The molecule has 1 aromatic carbocycles. The summed E-state index contributed by atoms with van der Waals surface area (Å²) in [6.07, 6.45) is 3.81. The summed E-state index contributed by atoms with van der Waals surface area (Å²) in [7, 11) is 0. The number of carbonyl (C=O) groups excluding carboxylic acids is 1. The molecule has 3 nitrogen and oxygen atoms in total. The number of halogens is 1. The number of aldehydes is 1. The number of aromatic nitrogens is 1. The maximum atomic E-state index is 10.6. The fourth-order valence-electron chi connectivity index (χ4n) is 1.37. The van der Waals surface area contributed by atoms with Gasteiger partial charge in [0.25, 0.3) is 0 Å². The molecule has 0 aliphatic heterocycles. The van der Waals surface area contributed by atoms with Gasteiger partial charge in [0.1, 0.15) is 11.5 Å². The fraction of sp³-hybridized carbons (Fsp3) is 0.0769. The van der Waals surface area contributed by atoms with Crippen molar-refractivity contribution in [3.05, 3.63) is 52.3 Å². The zero-order valence-electron chi connectivity index (χ0n) is 9.18. The van der Waals surface area contributed by atoms with Crippen LogP contribution < -0.4 is 4.74 Å². The van der Waals surface area contributed by atoms with Crippen molar-refractivity contribution in [2.24, 2.45) is 0 Å². The Hall–Kier alpha value is -1.68. The molecule has 0 N–H and O–H groups in total. The molecule has 17 heavy (non-hydrogen) atoms. The molecule has 2 aromatic rings. The van der Waals surface area contributed by atoms with Crippen molar-refractivity contribution < 1.29 is 9.53 Å². The molecule has 0 aliphatic rings. The van der Waals surface area contributed by atoms with Crippen molar-refractivity contribution in [1.29, 1.82) is 0 Å². The highest BCUT2D eigenvalue weighted by Gasteiger charge is 2.01. The van der Waals surface area contributed by atoms with Crippen molar-refractivity contribution >= 4 is 22.2 Å². The van der Waals surface area contributed by atoms with Gasteiger partial charge in [-0.15, -0.1) is 0 Å². The largest absolute Gasteiger partial charge is 0.456 e. The molecule has 1 aromatic heterocycles. The number of aryl methyl sites for hydroxylation is 1. The second-order valence-electron chi connectivity index (χ2n) is 3.58. The van der Waals surface area contributed by atoms with E-state index in [2.05, 4.69) is 20.9 Å². The molecule has 0 fully saturated rings. The molecule has 0 amide bonds. The molecule has 0 spiro atoms. The van der Waals surface area contributed by atoms with Crippen LogP contribution in [0.5, 0.6) is 11.5 Å². The van der Waals surface area contributed by atoms with Crippen molar-refractivity contribution in [2.75, 3.05) is 0 Å². The fourth-order valence-corrected chi connectivity index (χ4v) is 1.62. The molecular weight excluding hydrogens is 282 g/mol. The first-order chi connectivity index (χ1) is 8.19. The molecule has 0 saturated heterocycles. The SMILES string of the molecule is Cc1cc(Oc2cncc(C=O)c2)ccc1Br. The van der Waals surface area contributed by atoms with E-state index in [-0.39, 0.29) is 0 Å². The second-order valence-corrected chi connectivity index (χ2v) is 4.44. The standard InChI is InChI=1S/C13H10BrNO2/c1-9-4-11(2-3-13(9)14)17-12-5-10(8-16)6-15-7-12/h2-8H,1H3. The number of hydrogen-bond acceptors (Lipinski definition) is 3. The molecule has 0 unspecified atom stereocenters.